The minimum atomic E-state index is -3.02. The third-order valence-corrected chi connectivity index (χ3v) is 8.92. The van der Waals surface area contributed by atoms with Gasteiger partial charge in [-0.1, -0.05) is 15.9 Å². The fourth-order valence-corrected chi connectivity index (χ4v) is 5.38. The summed E-state index contributed by atoms with van der Waals surface area (Å²) in [6, 6.07) is 1.93. The maximum atomic E-state index is 11.4. The normalized spacial score (nSPS) is 16.3. The smallest absolute Gasteiger partial charge is 0.151 e. The molecule has 0 bridgehead atoms. The largest absolute Gasteiger partial charge is 0.229 e. The molecule has 15 heavy (non-hydrogen) atoms. The minimum Gasteiger partial charge on any atom is -0.229 e. The van der Waals surface area contributed by atoms with Crippen molar-refractivity contribution in [3.8, 4) is 0 Å². The molecule has 0 aliphatic carbocycles. The summed E-state index contributed by atoms with van der Waals surface area (Å²) in [4.78, 5) is 0.826. The quantitative estimate of drug-likeness (QED) is 0.662. The second-order valence-corrected chi connectivity index (χ2v) is 9.85. The molecule has 2 atom stereocenters. The highest BCUT2D eigenvalue weighted by Crippen LogP contribution is 2.40. The first-order chi connectivity index (χ1) is 6.73. The number of alkyl halides is 1. The van der Waals surface area contributed by atoms with E-state index in [0.29, 0.717) is 0 Å². The molecule has 2 nitrogen and oxygen atoms in total. The molecule has 1 rings (SSSR count). The Hall–Kier alpha value is 1.09. The Bertz CT molecular complexity index is 433. The summed E-state index contributed by atoms with van der Waals surface area (Å²) in [5, 5.41) is -0.435. The maximum absolute atomic E-state index is 11.4. The summed E-state index contributed by atoms with van der Waals surface area (Å²) < 4.78 is 24.7. The Morgan fingerprint density at radius 2 is 1.93 bits per heavy atom. The first-order valence-corrected chi connectivity index (χ1v) is 9.28. The van der Waals surface area contributed by atoms with Crippen molar-refractivity contribution in [3.05, 3.63) is 19.2 Å². The van der Waals surface area contributed by atoms with Crippen LogP contribution in [0, 0.1) is 0 Å². The topological polar surface area (TPSA) is 34.1 Å². The van der Waals surface area contributed by atoms with Crippen LogP contribution in [-0.4, -0.2) is 19.9 Å². The van der Waals surface area contributed by atoms with Gasteiger partial charge >= 0.3 is 0 Å². The van der Waals surface area contributed by atoms with Crippen LogP contribution >= 0.6 is 59.1 Å². The molecule has 0 saturated carbocycles. The zero-order valence-corrected chi connectivity index (χ0v) is 14.4. The van der Waals surface area contributed by atoms with E-state index in [0.717, 1.165) is 13.1 Å². The first kappa shape index (κ1) is 14.2. The molecule has 0 aromatic carbocycles. The van der Waals surface area contributed by atoms with Gasteiger partial charge < -0.3 is 0 Å². The number of hydrogen-bond donors (Lipinski definition) is 0. The van der Waals surface area contributed by atoms with E-state index in [4.69, 9.17) is 0 Å². The molecule has 0 saturated heterocycles. The molecule has 0 aliphatic heterocycles. The van der Waals surface area contributed by atoms with Crippen molar-refractivity contribution < 1.29 is 8.42 Å². The molecule has 86 valence electrons. The molecular formula is C8H9Br3O2S2. The van der Waals surface area contributed by atoms with Gasteiger partial charge in [-0.3, -0.25) is 0 Å². The van der Waals surface area contributed by atoms with Crippen molar-refractivity contribution in [3.63, 3.8) is 0 Å². The minimum absolute atomic E-state index is 0.167. The summed E-state index contributed by atoms with van der Waals surface area (Å²) in [6.45, 7) is 1.70. The van der Waals surface area contributed by atoms with Crippen molar-refractivity contribution in [2.75, 3.05) is 6.26 Å². The third kappa shape index (κ3) is 3.52. The number of thiophene rings is 1. The van der Waals surface area contributed by atoms with Crippen LogP contribution in [0.5, 0.6) is 0 Å². The Kier molecular flexibility index (Phi) is 4.87. The van der Waals surface area contributed by atoms with Gasteiger partial charge in [0.25, 0.3) is 0 Å². The van der Waals surface area contributed by atoms with Crippen LogP contribution in [-0.2, 0) is 9.84 Å². The van der Waals surface area contributed by atoms with Crippen LogP contribution in [0.25, 0.3) is 0 Å². The highest BCUT2D eigenvalue weighted by atomic mass is 79.9. The zero-order chi connectivity index (χ0) is 11.8. The van der Waals surface area contributed by atoms with Crippen molar-refractivity contribution in [2.24, 2.45) is 0 Å². The van der Waals surface area contributed by atoms with E-state index in [-0.39, 0.29) is 4.83 Å². The second-order valence-electron chi connectivity index (χ2n) is 3.21. The molecule has 1 aromatic rings. The van der Waals surface area contributed by atoms with E-state index in [1.165, 1.54) is 17.6 Å². The van der Waals surface area contributed by atoms with Crippen molar-refractivity contribution >= 4 is 69.0 Å². The van der Waals surface area contributed by atoms with Gasteiger partial charge in [-0.2, -0.15) is 0 Å². The van der Waals surface area contributed by atoms with Crippen LogP contribution < -0.4 is 0 Å². The molecule has 0 radical (unpaired) electrons. The summed E-state index contributed by atoms with van der Waals surface area (Å²) in [5.74, 6) is 0. The standard InChI is InChI=1S/C8H9Br3O2S2/c1-4(15(2,12)13)7(10)6-3-5(9)8(11)14-6/h3-4,7H,1-2H3. The average molecular weight is 441 g/mol. The van der Waals surface area contributed by atoms with E-state index in [9.17, 15) is 8.42 Å². The van der Waals surface area contributed by atoms with Gasteiger partial charge in [0.1, 0.15) is 0 Å². The fraction of sp³-hybridized carbons (Fsp3) is 0.500. The lowest BCUT2D eigenvalue weighted by molar-refractivity contribution is 0.589. The number of halogens is 3. The lowest BCUT2D eigenvalue weighted by atomic mass is 10.3. The molecule has 1 heterocycles. The van der Waals surface area contributed by atoms with Crippen molar-refractivity contribution in [2.45, 2.75) is 17.0 Å². The van der Waals surface area contributed by atoms with Crippen LogP contribution in [0.1, 0.15) is 16.6 Å². The third-order valence-electron chi connectivity index (χ3n) is 2.02. The van der Waals surface area contributed by atoms with Gasteiger partial charge in [0.15, 0.2) is 9.84 Å². The monoisotopic (exact) mass is 438 g/mol. The lowest BCUT2D eigenvalue weighted by Gasteiger charge is -2.14. The highest BCUT2D eigenvalue weighted by Gasteiger charge is 2.26. The van der Waals surface area contributed by atoms with Gasteiger partial charge in [0, 0.05) is 15.6 Å². The molecule has 0 amide bonds. The highest BCUT2D eigenvalue weighted by molar-refractivity contribution is 9.13. The van der Waals surface area contributed by atoms with Crippen LogP contribution in [0.2, 0.25) is 0 Å². The molecule has 0 aliphatic rings. The number of hydrogen-bond acceptors (Lipinski definition) is 3. The van der Waals surface area contributed by atoms with Crippen LogP contribution in [0.4, 0.5) is 0 Å². The number of sulfone groups is 1. The average Bonchev–Trinajstić information content (AvgIpc) is 2.43. The maximum Gasteiger partial charge on any atom is 0.151 e. The van der Waals surface area contributed by atoms with E-state index in [2.05, 4.69) is 47.8 Å². The van der Waals surface area contributed by atoms with Gasteiger partial charge in [-0.05, 0) is 44.8 Å². The number of rotatable bonds is 3. The van der Waals surface area contributed by atoms with E-state index >= 15 is 0 Å². The molecule has 1 aromatic heterocycles. The second kappa shape index (κ2) is 5.16. The lowest BCUT2D eigenvalue weighted by Crippen LogP contribution is -2.20. The molecule has 2 unspecified atom stereocenters. The van der Waals surface area contributed by atoms with Crippen molar-refractivity contribution in [1.82, 2.24) is 0 Å². The molecule has 0 spiro atoms. The predicted octanol–water partition coefficient (Wildman–Crippen LogP) is 4.14. The van der Waals surface area contributed by atoms with E-state index in [1.807, 2.05) is 6.07 Å². The summed E-state index contributed by atoms with van der Waals surface area (Å²) >= 11 is 11.7. The van der Waals surface area contributed by atoms with Gasteiger partial charge in [0.2, 0.25) is 0 Å². The van der Waals surface area contributed by atoms with Gasteiger partial charge in [-0.25, -0.2) is 8.42 Å². The summed E-state index contributed by atoms with van der Waals surface area (Å²) in [5.41, 5.74) is 0. The molecule has 0 N–H and O–H groups in total. The zero-order valence-electron chi connectivity index (χ0n) is 8.00. The van der Waals surface area contributed by atoms with Gasteiger partial charge in [-0.15, -0.1) is 11.3 Å². The van der Waals surface area contributed by atoms with E-state index < -0.39 is 15.1 Å². The SMILES string of the molecule is CC(C(Br)c1cc(Br)c(Br)s1)S(C)(=O)=O. The van der Waals surface area contributed by atoms with Crippen LogP contribution in [0.15, 0.2) is 14.3 Å². The molecular weight excluding hydrogens is 432 g/mol. The summed E-state index contributed by atoms with van der Waals surface area (Å²) in [6.07, 6.45) is 1.25. The first-order valence-electron chi connectivity index (χ1n) is 4.01. The molecule has 0 fully saturated rings. The Labute approximate surface area is 119 Å². The van der Waals surface area contributed by atoms with Crippen molar-refractivity contribution in [1.29, 1.82) is 0 Å². The van der Waals surface area contributed by atoms with E-state index in [1.54, 1.807) is 6.92 Å². The summed E-state index contributed by atoms with van der Waals surface area (Å²) in [7, 11) is -3.02. The fourth-order valence-electron chi connectivity index (χ4n) is 0.948. The van der Waals surface area contributed by atoms with Gasteiger partial charge in [0.05, 0.1) is 13.9 Å². The van der Waals surface area contributed by atoms with Crippen LogP contribution in [0.3, 0.4) is 0 Å². The Morgan fingerprint density at radius 3 is 2.27 bits per heavy atom. The molecule has 7 heteroatoms. The Morgan fingerprint density at radius 1 is 1.40 bits per heavy atom. The predicted molar refractivity (Wildman–Crippen MR) is 75.7 cm³/mol. The Balaban J connectivity index is 3.00.